The molecule has 0 aliphatic carbocycles. The number of piperidine rings is 1. The average molecular weight is 409 g/mol. The number of sulfonamides is 1. The number of hydrogen-bond acceptors (Lipinski definition) is 6. The van der Waals surface area contributed by atoms with E-state index in [1.165, 1.54) is 39.3 Å². The highest BCUT2D eigenvalue weighted by molar-refractivity contribution is 7.89. The molecule has 2 amide bonds. The van der Waals surface area contributed by atoms with Crippen molar-refractivity contribution in [2.75, 3.05) is 25.5 Å². The third kappa shape index (κ3) is 3.92. The van der Waals surface area contributed by atoms with E-state index in [1.807, 2.05) is 0 Å². The first kappa shape index (κ1) is 20.0. The van der Waals surface area contributed by atoms with E-state index in [2.05, 4.69) is 20.8 Å². The summed E-state index contributed by atoms with van der Waals surface area (Å²) >= 11 is 0. The molecule has 3 rings (SSSR count). The van der Waals surface area contributed by atoms with Crippen molar-refractivity contribution in [1.82, 2.24) is 29.2 Å². The van der Waals surface area contributed by atoms with Gasteiger partial charge in [0.25, 0.3) is 5.91 Å². The highest BCUT2D eigenvalue weighted by Gasteiger charge is 2.34. The zero-order valence-electron chi connectivity index (χ0n) is 15.9. The molecule has 0 radical (unpaired) electrons. The molecular formula is C16H23N7O4S. The molecule has 2 aromatic rings. The second kappa shape index (κ2) is 7.72. The van der Waals surface area contributed by atoms with Gasteiger partial charge >= 0.3 is 0 Å². The van der Waals surface area contributed by atoms with Gasteiger partial charge in [0.15, 0.2) is 5.69 Å². The summed E-state index contributed by atoms with van der Waals surface area (Å²) in [6, 6.07) is 0. The summed E-state index contributed by atoms with van der Waals surface area (Å²) < 4.78 is 29.7. The van der Waals surface area contributed by atoms with Crippen LogP contribution in [0.15, 0.2) is 23.5 Å². The number of amides is 2. The van der Waals surface area contributed by atoms with E-state index in [0.29, 0.717) is 25.1 Å². The van der Waals surface area contributed by atoms with Gasteiger partial charge in [-0.25, -0.2) is 8.42 Å². The van der Waals surface area contributed by atoms with E-state index in [-0.39, 0.29) is 23.0 Å². The summed E-state index contributed by atoms with van der Waals surface area (Å²) in [7, 11) is 1.05. The molecule has 152 valence electrons. The van der Waals surface area contributed by atoms with Crippen molar-refractivity contribution >= 4 is 27.5 Å². The minimum absolute atomic E-state index is 0.0681. The number of carbonyl (C=O) groups excluding carboxylic acids is 2. The Morgan fingerprint density at radius 3 is 2.61 bits per heavy atom. The van der Waals surface area contributed by atoms with E-state index in [4.69, 9.17) is 0 Å². The Kier molecular flexibility index (Phi) is 5.52. The zero-order chi connectivity index (χ0) is 20.5. The number of hydrogen-bond donors (Lipinski definition) is 2. The van der Waals surface area contributed by atoms with Crippen LogP contribution in [0.1, 0.15) is 23.3 Å². The Hall–Kier alpha value is -2.73. The van der Waals surface area contributed by atoms with Crippen LogP contribution in [0, 0.1) is 5.92 Å². The highest BCUT2D eigenvalue weighted by atomic mass is 32.2. The Morgan fingerprint density at radius 1 is 1.21 bits per heavy atom. The molecule has 0 bridgehead atoms. The molecule has 0 saturated carbocycles. The van der Waals surface area contributed by atoms with Crippen LogP contribution in [0.25, 0.3) is 0 Å². The van der Waals surface area contributed by atoms with Crippen molar-refractivity contribution in [3.63, 3.8) is 0 Å². The fourth-order valence-electron chi connectivity index (χ4n) is 3.16. The lowest BCUT2D eigenvalue weighted by molar-refractivity contribution is -0.120. The summed E-state index contributed by atoms with van der Waals surface area (Å²) in [5.41, 5.74) is 0.396. The van der Waals surface area contributed by atoms with Crippen LogP contribution in [0.4, 0.5) is 5.69 Å². The monoisotopic (exact) mass is 409 g/mol. The fourth-order valence-corrected chi connectivity index (χ4v) is 4.67. The first-order valence-corrected chi connectivity index (χ1v) is 10.2. The van der Waals surface area contributed by atoms with Gasteiger partial charge in [0.2, 0.25) is 15.9 Å². The van der Waals surface area contributed by atoms with E-state index < -0.39 is 21.8 Å². The molecule has 0 aromatic carbocycles. The van der Waals surface area contributed by atoms with Gasteiger partial charge in [-0.05, 0) is 12.8 Å². The molecule has 2 aromatic heterocycles. The molecule has 1 saturated heterocycles. The summed E-state index contributed by atoms with van der Waals surface area (Å²) in [4.78, 5) is 24.8. The molecular weight excluding hydrogens is 386 g/mol. The van der Waals surface area contributed by atoms with Gasteiger partial charge in [-0.15, -0.1) is 0 Å². The molecule has 1 aliphatic rings. The number of carbonyl (C=O) groups is 2. The molecule has 1 fully saturated rings. The van der Waals surface area contributed by atoms with E-state index in [0.717, 1.165) is 0 Å². The summed E-state index contributed by atoms with van der Waals surface area (Å²) in [6.07, 6.45) is 5.39. The van der Waals surface area contributed by atoms with Gasteiger partial charge in [0, 0.05) is 46.6 Å². The van der Waals surface area contributed by atoms with Crippen LogP contribution in [0.3, 0.4) is 0 Å². The number of nitrogens with zero attached hydrogens (tertiary/aromatic N) is 5. The third-order valence-electron chi connectivity index (χ3n) is 4.60. The van der Waals surface area contributed by atoms with Crippen LogP contribution < -0.4 is 10.6 Å². The Labute approximate surface area is 162 Å². The largest absolute Gasteiger partial charge is 0.354 e. The number of nitrogens with one attached hydrogen (secondary N) is 2. The number of aryl methyl sites for hydroxylation is 2. The predicted molar refractivity (Wildman–Crippen MR) is 99.9 cm³/mol. The SMILES string of the molecule is CNC(=O)c1nn(C)cc1NC(=O)[C@@H]1CCCN(S(=O)(=O)c2cnn(C)c2)C1. The van der Waals surface area contributed by atoms with E-state index >= 15 is 0 Å². The van der Waals surface area contributed by atoms with E-state index in [1.54, 1.807) is 14.1 Å². The Bertz CT molecular complexity index is 995. The first-order chi connectivity index (χ1) is 13.2. The minimum atomic E-state index is -3.71. The fraction of sp³-hybridized carbons (Fsp3) is 0.500. The van der Waals surface area contributed by atoms with Crippen molar-refractivity contribution in [1.29, 1.82) is 0 Å². The zero-order valence-corrected chi connectivity index (χ0v) is 16.7. The van der Waals surface area contributed by atoms with E-state index in [9.17, 15) is 18.0 Å². The number of anilines is 1. The van der Waals surface area contributed by atoms with Crippen LogP contribution >= 0.6 is 0 Å². The highest BCUT2D eigenvalue weighted by Crippen LogP contribution is 2.25. The molecule has 0 spiro atoms. The summed E-state index contributed by atoms with van der Waals surface area (Å²) in [6.45, 7) is 0.413. The maximum absolute atomic E-state index is 12.8. The van der Waals surface area contributed by atoms with Crippen molar-refractivity contribution in [2.24, 2.45) is 20.0 Å². The van der Waals surface area contributed by atoms with Crippen LogP contribution in [-0.4, -0.2) is 64.2 Å². The van der Waals surface area contributed by atoms with Gasteiger partial charge < -0.3 is 10.6 Å². The van der Waals surface area contributed by atoms with Crippen LogP contribution in [0.5, 0.6) is 0 Å². The average Bonchev–Trinajstić information content (AvgIpc) is 3.27. The third-order valence-corrected chi connectivity index (χ3v) is 6.42. The molecule has 1 aliphatic heterocycles. The molecule has 0 unspecified atom stereocenters. The standard InChI is InChI=1S/C16H23N7O4S/c1-17-16(25)14-13(10-22(3)20-14)19-15(24)11-5-4-6-23(8-11)28(26,27)12-7-18-21(2)9-12/h7,9-11H,4-6,8H2,1-3H3,(H,17,25)(H,19,24)/t11-/m1/s1. The van der Waals surface area contributed by atoms with Crippen LogP contribution in [0.2, 0.25) is 0 Å². The predicted octanol–water partition coefficient (Wildman–Crippen LogP) is -0.447. The van der Waals surface area contributed by atoms with Gasteiger partial charge in [-0.1, -0.05) is 0 Å². The molecule has 2 N–H and O–H groups in total. The lowest BCUT2D eigenvalue weighted by Crippen LogP contribution is -2.43. The lowest BCUT2D eigenvalue weighted by atomic mass is 9.99. The quantitative estimate of drug-likeness (QED) is 0.688. The van der Waals surface area contributed by atoms with Crippen molar-refractivity contribution in [2.45, 2.75) is 17.7 Å². The topological polar surface area (TPSA) is 131 Å². The van der Waals surface area contributed by atoms with Crippen molar-refractivity contribution in [3.8, 4) is 0 Å². The maximum atomic E-state index is 12.8. The number of rotatable bonds is 5. The second-order valence-electron chi connectivity index (χ2n) is 6.69. The minimum Gasteiger partial charge on any atom is -0.354 e. The lowest BCUT2D eigenvalue weighted by Gasteiger charge is -2.30. The normalized spacial score (nSPS) is 18.0. The second-order valence-corrected chi connectivity index (χ2v) is 8.62. The van der Waals surface area contributed by atoms with Gasteiger partial charge in [-0.2, -0.15) is 14.5 Å². The molecule has 1 atom stereocenters. The molecule has 28 heavy (non-hydrogen) atoms. The molecule has 3 heterocycles. The smallest absolute Gasteiger partial charge is 0.273 e. The van der Waals surface area contributed by atoms with Crippen LogP contribution in [-0.2, 0) is 28.9 Å². The molecule has 12 heteroatoms. The van der Waals surface area contributed by atoms with Crippen molar-refractivity contribution < 1.29 is 18.0 Å². The molecule has 11 nitrogen and oxygen atoms in total. The summed E-state index contributed by atoms with van der Waals surface area (Å²) in [5, 5.41) is 13.1. The Balaban J connectivity index is 1.74. The maximum Gasteiger partial charge on any atom is 0.273 e. The Morgan fingerprint density at radius 2 is 1.96 bits per heavy atom. The first-order valence-electron chi connectivity index (χ1n) is 8.77. The summed E-state index contributed by atoms with van der Waals surface area (Å²) in [5.74, 6) is -1.29. The number of aromatic nitrogens is 4. The van der Waals surface area contributed by atoms with Gasteiger partial charge in [-0.3, -0.25) is 19.0 Å². The van der Waals surface area contributed by atoms with Gasteiger partial charge in [0.1, 0.15) is 4.90 Å². The van der Waals surface area contributed by atoms with Gasteiger partial charge in [0.05, 0.1) is 17.8 Å². The van der Waals surface area contributed by atoms with Crippen molar-refractivity contribution in [3.05, 3.63) is 24.3 Å².